The fraction of sp³-hybridized carbons (Fsp3) is 0.133. The third-order valence-electron chi connectivity index (χ3n) is 3.45. The Kier molecular flexibility index (Phi) is 3.94. The second-order valence-electron chi connectivity index (χ2n) is 5.20. The monoisotopic (exact) mass is 427 g/mol. The van der Waals surface area contributed by atoms with E-state index in [0.29, 0.717) is 21.7 Å². The van der Waals surface area contributed by atoms with Gasteiger partial charge in [-0.25, -0.2) is 9.67 Å². The molecule has 3 heterocycles. The highest BCUT2D eigenvalue weighted by atomic mass is 79.9. The van der Waals surface area contributed by atoms with Crippen molar-refractivity contribution in [3.8, 4) is 17.3 Å². The fourth-order valence-corrected chi connectivity index (χ4v) is 2.65. The molecule has 0 saturated carbocycles. The summed E-state index contributed by atoms with van der Waals surface area (Å²) in [7, 11) is 0. The molecule has 0 atom stereocenters. The van der Waals surface area contributed by atoms with E-state index in [1.807, 2.05) is 0 Å². The molecule has 1 aliphatic rings. The zero-order valence-electron chi connectivity index (χ0n) is 12.8. The highest BCUT2D eigenvalue weighted by Gasteiger charge is 2.33. The highest BCUT2D eigenvalue weighted by molar-refractivity contribution is 9.10. The number of hydrogen-bond donors (Lipinski definition) is 1. The van der Waals surface area contributed by atoms with Crippen molar-refractivity contribution in [2.75, 3.05) is 12.1 Å². The van der Waals surface area contributed by atoms with E-state index in [9.17, 15) is 13.2 Å². The normalized spacial score (nSPS) is 13.1. The van der Waals surface area contributed by atoms with Crippen molar-refractivity contribution in [2.24, 2.45) is 0 Å². The van der Waals surface area contributed by atoms with Gasteiger partial charge < -0.3 is 14.8 Å². The summed E-state index contributed by atoms with van der Waals surface area (Å²) in [6.45, 7) is 0.151. The summed E-state index contributed by atoms with van der Waals surface area (Å²) in [6, 6.07) is 6.06. The van der Waals surface area contributed by atoms with Gasteiger partial charge in [0.1, 0.15) is 0 Å². The predicted octanol–water partition coefficient (Wildman–Crippen LogP) is 3.92. The third kappa shape index (κ3) is 3.17. The highest BCUT2D eigenvalue weighted by Crippen LogP contribution is 2.35. The van der Waals surface area contributed by atoms with Gasteiger partial charge in [-0.05, 0) is 34.1 Å². The lowest BCUT2D eigenvalue weighted by Gasteiger charge is -2.09. The average molecular weight is 428 g/mol. The quantitative estimate of drug-likeness (QED) is 0.682. The minimum atomic E-state index is -4.53. The molecular weight excluding hydrogens is 419 g/mol. The maximum Gasteiger partial charge on any atom is 0.435 e. The maximum atomic E-state index is 12.7. The lowest BCUT2D eigenvalue weighted by Crippen LogP contribution is -2.09. The van der Waals surface area contributed by atoms with Crippen LogP contribution in [-0.2, 0) is 6.18 Å². The summed E-state index contributed by atoms with van der Waals surface area (Å²) < 4.78 is 50.2. The van der Waals surface area contributed by atoms with Crippen LogP contribution in [0.25, 0.3) is 5.82 Å². The first-order valence-electron chi connectivity index (χ1n) is 7.22. The minimum Gasteiger partial charge on any atom is -0.454 e. The Bertz CT molecular complexity index is 976. The van der Waals surface area contributed by atoms with Crippen LogP contribution in [-0.4, -0.2) is 26.5 Å². The Morgan fingerprint density at radius 1 is 1.15 bits per heavy atom. The molecule has 4 rings (SSSR count). The van der Waals surface area contributed by atoms with Crippen LogP contribution in [0.15, 0.2) is 41.1 Å². The standard InChI is InChI=1S/C15H9BrF3N5O2/c16-9-6-20-14(21-8-1-2-10-11(5-8)26-7-25-10)22-13(9)24-4-3-12(23-24)15(17,18)19/h1-6H,7H2,(H,20,21,22). The van der Waals surface area contributed by atoms with Gasteiger partial charge in [-0.2, -0.15) is 23.3 Å². The van der Waals surface area contributed by atoms with Gasteiger partial charge in [-0.3, -0.25) is 0 Å². The Morgan fingerprint density at radius 3 is 2.73 bits per heavy atom. The number of nitrogens with zero attached hydrogens (tertiary/aromatic N) is 4. The molecular formula is C15H9BrF3N5O2. The van der Waals surface area contributed by atoms with E-state index in [1.165, 1.54) is 12.4 Å². The molecule has 0 aliphatic carbocycles. The number of nitrogens with one attached hydrogen (secondary N) is 1. The maximum absolute atomic E-state index is 12.7. The van der Waals surface area contributed by atoms with E-state index >= 15 is 0 Å². The molecule has 2 aromatic heterocycles. The van der Waals surface area contributed by atoms with E-state index in [0.717, 1.165) is 10.7 Å². The van der Waals surface area contributed by atoms with Crippen LogP contribution < -0.4 is 14.8 Å². The molecule has 11 heteroatoms. The Morgan fingerprint density at radius 2 is 1.96 bits per heavy atom. The van der Waals surface area contributed by atoms with E-state index in [-0.39, 0.29) is 18.6 Å². The van der Waals surface area contributed by atoms with Crippen LogP contribution in [0.4, 0.5) is 24.8 Å². The number of alkyl halides is 3. The number of aromatic nitrogens is 4. The lowest BCUT2D eigenvalue weighted by molar-refractivity contribution is -0.141. The number of hydrogen-bond acceptors (Lipinski definition) is 6. The molecule has 0 bridgehead atoms. The van der Waals surface area contributed by atoms with Crippen LogP contribution in [0.5, 0.6) is 11.5 Å². The van der Waals surface area contributed by atoms with E-state index in [4.69, 9.17) is 9.47 Å². The Balaban J connectivity index is 1.63. The molecule has 1 aromatic carbocycles. The van der Waals surface area contributed by atoms with Gasteiger partial charge in [0.15, 0.2) is 23.0 Å². The van der Waals surface area contributed by atoms with Gasteiger partial charge in [-0.15, -0.1) is 0 Å². The SMILES string of the molecule is FC(F)(F)c1ccn(-c2nc(Nc3ccc4c(c3)OCO4)ncc2Br)n1. The molecule has 0 spiro atoms. The van der Waals surface area contributed by atoms with Crippen LogP contribution in [0.2, 0.25) is 0 Å². The van der Waals surface area contributed by atoms with Crippen molar-refractivity contribution in [1.82, 2.24) is 19.7 Å². The van der Waals surface area contributed by atoms with E-state index in [2.05, 4.69) is 36.3 Å². The van der Waals surface area contributed by atoms with Crippen LogP contribution in [0, 0.1) is 0 Å². The molecule has 3 aromatic rings. The van der Waals surface area contributed by atoms with Gasteiger partial charge >= 0.3 is 6.18 Å². The second-order valence-corrected chi connectivity index (χ2v) is 6.06. The fourth-order valence-electron chi connectivity index (χ4n) is 2.28. The van der Waals surface area contributed by atoms with Gasteiger partial charge in [0.25, 0.3) is 0 Å². The summed E-state index contributed by atoms with van der Waals surface area (Å²) in [5.74, 6) is 1.56. The first-order chi connectivity index (χ1) is 12.4. The van der Waals surface area contributed by atoms with Crippen molar-refractivity contribution in [1.29, 1.82) is 0 Å². The number of anilines is 2. The summed E-state index contributed by atoms with van der Waals surface area (Å²) in [5, 5.41) is 6.48. The van der Waals surface area contributed by atoms with Crippen molar-refractivity contribution < 1.29 is 22.6 Å². The van der Waals surface area contributed by atoms with Gasteiger partial charge in [0.2, 0.25) is 12.7 Å². The molecule has 0 saturated heterocycles. The van der Waals surface area contributed by atoms with Crippen LogP contribution in [0.3, 0.4) is 0 Å². The van der Waals surface area contributed by atoms with E-state index < -0.39 is 11.9 Å². The van der Waals surface area contributed by atoms with Crippen molar-refractivity contribution >= 4 is 27.6 Å². The van der Waals surface area contributed by atoms with Gasteiger partial charge in [0, 0.05) is 24.1 Å². The lowest BCUT2D eigenvalue weighted by atomic mass is 10.3. The molecule has 7 nitrogen and oxygen atoms in total. The Labute approximate surface area is 152 Å². The average Bonchev–Trinajstić information content (AvgIpc) is 3.24. The molecule has 0 amide bonds. The molecule has 1 N–H and O–H groups in total. The molecule has 0 unspecified atom stereocenters. The number of fused-ring (bicyclic) bond motifs is 1. The molecule has 134 valence electrons. The number of ether oxygens (including phenoxy) is 2. The first kappa shape index (κ1) is 16.6. The smallest absolute Gasteiger partial charge is 0.435 e. The number of rotatable bonds is 3. The Hall–Kier alpha value is -2.82. The van der Waals surface area contributed by atoms with Crippen molar-refractivity contribution in [3.05, 3.63) is 46.8 Å². The van der Waals surface area contributed by atoms with Crippen molar-refractivity contribution in [3.63, 3.8) is 0 Å². The summed E-state index contributed by atoms with van der Waals surface area (Å²) in [5.41, 5.74) is -0.368. The third-order valence-corrected chi connectivity index (χ3v) is 4.01. The zero-order chi connectivity index (χ0) is 18.3. The van der Waals surface area contributed by atoms with Crippen molar-refractivity contribution in [2.45, 2.75) is 6.18 Å². The first-order valence-corrected chi connectivity index (χ1v) is 8.02. The topological polar surface area (TPSA) is 74.1 Å². The minimum absolute atomic E-state index is 0.151. The predicted molar refractivity (Wildman–Crippen MR) is 87.7 cm³/mol. The van der Waals surface area contributed by atoms with Crippen LogP contribution >= 0.6 is 15.9 Å². The molecule has 0 radical (unpaired) electrons. The summed E-state index contributed by atoms with van der Waals surface area (Å²) in [6.07, 6.45) is -1.93. The number of benzene rings is 1. The second kappa shape index (κ2) is 6.16. The molecule has 1 aliphatic heterocycles. The molecule has 0 fully saturated rings. The summed E-state index contributed by atoms with van der Waals surface area (Å²) >= 11 is 3.22. The van der Waals surface area contributed by atoms with Gasteiger partial charge in [0.05, 0.1) is 4.47 Å². The molecule has 26 heavy (non-hydrogen) atoms. The van der Waals surface area contributed by atoms with Crippen LogP contribution in [0.1, 0.15) is 5.69 Å². The van der Waals surface area contributed by atoms with Gasteiger partial charge in [-0.1, -0.05) is 0 Å². The van der Waals surface area contributed by atoms with E-state index in [1.54, 1.807) is 18.2 Å². The number of halogens is 4. The zero-order valence-corrected chi connectivity index (χ0v) is 14.4. The largest absolute Gasteiger partial charge is 0.454 e. The summed E-state index contributed by atoms with van der Waals surface area (Å²) in [4.78, 5) is 8.32.